The monoisotopic (exact) mass is 171 g/mol. The molecule has 4 amide bonds. The maximum atomic E-state index is 10.6. The number of hydrogen-bond acceptors (Lipinski definition) is 3. The molecule has 1 aliphatic rings. The van der Waals surface area contributed by atoms with Gasteiger partial charge in [0.2, 0.25) is 0 Å². The average Bonchev–Trinajstić information content (AvgIpc) is 2.28. The van der Waals surface area contributed by atoms with Gasteiger partial charge in [-0.05, 0) is 0 Å². The lowest BCUT2D eigenvalue weighted by Gasteiger charge is -2.06. The zero-order valence-electron chi connectivity index (χ0n) is 5.93. The molecule has 0 aromatic rings. The normalized spacial score (nSPS) is 15.8. The number of carbonyl (C=O) groups is 3. The van der Waals surface area contributed by atoms with E-state index in [1.54, 1.807) is 0 Å². The summed E-state index contributed by atoms with van der Waals surface area (Å²) in [6.07, 6.45) is -0.289. The molecule has 0 radical (unpaired) electrons. The third-order valence-corrected chi connectivity index (χ3v) is 1.23. The highest BCUT2D eigenvalue weighted by Gasteiger charge is 2.27. The van der Waals surface area contributed by atoms with Crippen LogP contribution in [0.2, 0.25) is 0 Å². The first-order valence-electron chi connectivity index (χ1n) is 3.10. The predicted octanol–water partition coefficient (Wildman–Crippen LogP) is 0.469. The van der Waals surface area contributed by atoms with Gasteiger partial charge < -0.3 is 5.11 Å². The number of azo groups is 1. The third kappa shape index (κ3) is 1.62. The van der Waals surface area contributed by atoms with Gasteiger partial charge in [0.1, 0.15) is 0 Å². The molecule has 1 aliphatic heterocycles. The molecule has 0 aliphatic carbocycles. The standard InChI is InChI=1S/C5H5N3O4/c9-3(10)1-2-8-4(11)6-7-5(8)12/h1-2H2,(H,9,10). The topological polar surface area (TPSA) is 99.4 Å². The molecule has 0 unspecified atom stereocenters. The molecule has 0 saturated heterocycles. The van der Waals surface area contributed by atoms with Crippen LogP contribution in [0.15, 0.2) is 10.2 Å². The molecule has 64 valence electrons. The lowest BCUT2D eigenvalue weighted by atomic mass is 10.4. The van der Waals surface area contributed by atoms with Crippen molar-refractivity contribution in [2.75, 3.05) is 6.54 Å². The van der Waals surface area contributed by atoms with Crippen LogP contribution in [0.25, 0.3) is 0 Å². The van der Waals surface area contributed by atoms with Crippen LogP contribution in [-0.2, 0) is 4.79 Å². The minimum atomic E-state index is -1.08. The van der Waals surface area contributed by atoms with Gasteiger partial charge in [0.25, 0.3) is 0 Å². The Hall–Kier alpha value is -1.79. The van der Waals surface area contributed by atoms with E-state index >= 15 is 0 Å². The quantitative estimate of drug-likeness (QED) is 0.666. The van der Waals surface area contributed by atoms with E-state index in [0.29, 0.717) is 4.90 Å². The summed E-state index contributed by atoms with van der Waals surface area (Å²) in [5.74, 6) is -1.08. The lowest BCUT2D eigenvalue weighted by molar-refractivity contribution is -0.137. The first-order valence-corrected chi connectivity index (χ1v) is 3.10. The number of carbonyl (C=O) groups excluding carboxylic acids is 2. The SMILES string of the molecule is O=C(O)CCN1C(=O)N=NC1=O. The molecule has 0 spiro atoms. The van der Waals surface area contributed by atoms with E-state index in [1.165, 1.54) is 0 Å². The predicted molar refractivity (Wildman–Crippen MR) is 34.6 cm³/mol. The number of amides is 4. The van der Waals surface area contributed by atoms with Crippen LogP contribution in [0.1, 0.15) is 6.42 Å². The van der Waals surface area contributed by atoms with Crippen molar-refractivity contribution in [2.45, 2.75) is 6.42 Å². The van der Waals surface area contributed by atoms with Crippen LogP contribution >= 0.6 is 0 Å². The molecule has 1 heterocycles. The Morgan fingerprint density at radius 2 is 1.83 bits per heavy atom. The van der Waals surface area contributed by atoms with Crippen LogP contribution in [-0.4, -0.2) is 34.6 Å². The van der Waals surface area contributed by atoms with Crippen LogP contribution < -0.4 is 0 Å². The van der Waals surface area contributed by atoms with Crippen molar-refractivity contribution in [1.82, 2.24) is 4.90 Å². The number of imide groups is 1. The number of aliphatic carboxylic acids is 1. The summed E-state index contributed by atoms with van der Waals surface area (Å²) in [7, 11) is 0. The van der Waals surface area contributed by atoms with Crippen molar-refractivity contribution < 1.29 is 19.5 Å². The van der Waals surface area contributed by atoms with Crippen molar-refractivity contribution in [3.05, 3.63) is 0 Å². The van der Waals surface area contributed by atoms with Crippen LogP contribution in [0.4, 0.5) is 9.59 Å². The minimum Gasteiger partial charge on any atom is -0.481 e. The van der Waals surface area contributed by atoms with Crippen molar-refractivity contribution >= 4 is 18.0 Å². The third-order valence-electron chi connectivity index (χ3n) is 1.23. The van der Waals surface area contributed by atoms with Gasteiger partial charge in [-0.3, -0.25) is 4.79 Å². The second-order valence-electron chi connectivity index (χ2n) is 2.06. The Labute approximate surface area is 66.7 Å². The summed E-state index contributed by atoms with van der Waals surface area (Å²) >= 11 is 0. The van der Waals surface area contributed by atoms with E-state index in [2.05, 4.69) is 10.2 Å². The molecule has 0 atom stereocenters. The molecule has 0 saturated carbocycles. The van der Waals surface area contributed by atoms with Crippen molar-refractivity contribution in [3.63, 3.8) is 0 Å². The molecular formula is C5H5N3O4. The largest absolute Gasteiger partial charge is 0.481 e. The van der Waals surface area contributed by atoms with E-state index in [0.717, 1.165) is 0 Å². The minimum absolute atomic E-state index is 0.181. The van der Waals surface area contributed by atoms with E-state index < -0.39 is 18.0 Å². The number of nitrogens with zero attached hydrogens (tertiary/aromatic N) is 3. The summed E-state index contributed by atoms with van der Waals surface area (Å²) in [5, 5.41) is 14.1. The summed E-state index contributed by atoms with van der Waals surface area (Å²) in [6, 6.07) is -1.61. The Balaban J connectivity index is 2.48. The van der Waals surface area contributed by atoms with Gasteiger partial charge in [-0.2, -0.15) is 0 Å². The van der Waals surface area contributed by atoms with Crippen LogP contribution in [0.5, 0.6) is 0 Å². The fraction of sp³-hybridized carbons (Fsp3) is 0.400. The van der Waals surface area contributed by atoms with E-state index in [-0.39, 0.29) is 13.0 Å². The molecule has 0 aromatic heterocycles. The zero-order valence-corrected chi connectivity index (χ0v) is 5.93. The summed E-state index contributed by atoms with van der Waals surface area (Å²) < 4.78 is 0. The van der Waals surface area contributed by atoms with Gasteiger partial charge in [0, 0.05) is 6.54 Å². The van der Waals surface area contributed by atoms with Crippen molar-refractivity contribution in [1.29, 1.82) is 0 Å². The number of carboxylic acid groups (broad SMARTS) is 1. The Bertz CT molecular complexity index is 254. The van der Waals surface area contributed by atoms with Crippen molar-refractivity contribution in [3.8, 4) is 0 Å². The zero-order chi connectivity index (χ0) is 9.14. The van der Waals surface area contributed by atoms with E-state index in [4.69, 9.17) is 5.11 Å². The number of carboxylic acids is 1. The molecule has 12 heavy (non-hydrogen) atoms. The lowest BCUT2D eigenvalue weighted by Crippen LogP contribution is -2.30. The second kappa shape index (κ2) is 3.07. The molecule has 7 nitrogen and oxygen atoms in total. The van der Waals surface area contributed by atoms with Gasteiger partial charge in [-0.25, -0.2) is 14.5 Å². The highest BCUT2D eigenvalue weighted by atomic mass is 16.4. The second-order valence-corrected chi connectivity index (χ2v) is 2.06. The molecule has 0 aromatic carbocycles. The number of hydrogen-bond donors (Lipinski definition) is 1. The molecule has 1 rings (SSSR count). The fourth-order valence-electron chi connectivity index (χ4n) is 0.674. The highest BCUT2D eigenvalue weighted by molar-refractivity contribution is 5.98. The van der Waals surface area contributed by atoms with Crippen LogP contribution in [0.3, 0.4) is 0 Å². The van der Waals surface area contributed by atoms with Gasteiger partial charge >= 0.3 is 18.0 Å². The summed E-state index contributed by atoms with van der Waals surface area (Å²) in [5.41, 5.74) is 0. The Morgan fingerprint density at radius 1 is 1.33 bits per heavy atom. The van der Waals surface area contributed by atoms with Crippen LogP contribution in [0, 0.1) is 0 Å². The van der Waals surface area contributed by atoms with Gasteiger partial charge in [-0.15, -0.1) is 0 Å². The van der Waals surface area contributed by atoms with Gasteiger partial charge in [-0.1, -0.05) is 10.2 Å². The number of rotatable bonds is 3. The van der Waals surface area contributed by atoms with Crippen molar-refractivity contribution in [2.24, 2.45) is 10.2 Å². The summed E-state index contributed by atoms with van der Waals surface area (Å²) in [6.45, 7) is -0.181. The molecule has 0 fully saturated rings. The Morgan fingerprint density at radius 3 is 2.25 bits per heavy atom. The fourth-order valence-corrected chi connectivity index (χ4v) is 0.674. The first-order chi connectivity index (χ1) is 5.61. The average molecular weight is 171 g/mol. The number of urea groups is 2. The molecule has 7 heteroatoms. The van der Waals surface area contributed by atoms with Gasteiger partial charge in [0.15, 0.2) is 0 Å². The highest BCUT2D eigenvalue weighted by Crippen LogP contribution is 2.07. The maximum Gasteiger partial charge on any atom is 0.370 e. The van der Waals surface area contributed by atoms with E-state index in [9.17, 15) is 14.4 Å². The first kappa shape index (κ1) is 8.31. The Kier molecular flexibility index (Phi) is 2.13. The molecular weight excluding hydrogens is 166 g/mol. The maximum absolute atomic E-state index is 10.6. The molecule has 1 N–H and O–H groups in total. The van der Waals surface area contributed by atoms with Gasteiger partial charge in [0.05, 0.1) is 6.42 Å². The smallest absolute Gasteiger partial charge is 0.370 e. The van der Waals surface area contributed by atoms with E-state index in [1.807, 2.05) is 0 Å². The molecule has 0 bridgehead atoms. The summed E-state index contributed by atoms with van der Waals surface area (Å²) in [4.78, 5) is 32.0.